The summed E-state index contributed by atoms with van der Waals surface area (Å²) in [5.41, 5.74) is 1.89. The molecule has 0 aliphatic carbocycles. The third-order valence-corrected chi connectivity index (χ3v) is 5.45. The summed E-state index contributed by atoms with van der Waals surface area (Å²) >= 11 is 0. The molecule has 29 heavy (non-hydrogen) atoms. The van der Waals surface area contributed by atoms with E-state index in [0.717, 1.165) is 32.5 Å². The second kappa shape index (κ2) is 10.2. The first-order chi connectivity index (χ1) is 14.0. The molecule has 5 heteroatoms. The lowest BCUT2D eigenvalue weighted by atomic mass is 10.00. The minimum absolute atomic E-state index is 0.0147. The van der Waals surface area contributed by atoms with Crippen LogP contribution in [0.15, 0.2) is 60.7 Å². The van der Waals surface area contributed by atoms with E-state index >= 15 is 0 Å². The van der Waals surface area contributed by atoms with E-state index in [9.17, 15) is 9.59 Å². The third-order valence-electron chi connectivity index (χ3n) is 5.45. The highest BCUT2D eigenvalue weighted by Crippen LogP contribution is 2.15. The van der Waals surface area contributed by atoms with Gasteiger partial charge in [-0.15, -0.1) is 0 Å². The first kappa shape index (κ1) is 21.1. The molecule has 2 aromatic rings. The second-order valence-electron chi connectivity index (χ2n) is 8.11. The molecule has 154 valence electrons. The van der Waals surface area contributed by atoms with Crippen LogP contribution in [-0.2, 0) is 11.3 Å². The van der Waals surface area contributed by atoms with Gasteiger partial charge in [0.25, 0.3) is 5.91 Å². The molecule has 1 atom stereocenters. The molecule has 1 heterocycles. The maximum Gasteiger partial charge on any atom is 0.251 e. The van der Waals surface area contributed by atoms with Crippen molar-refractivity contribution in [1.82, 2.24) is 15.5 Å². The molecule has 3 rings (SSSR count). The van der Waals surface area contributed by atoms with Crippen LogP contribution in [0.2, 0.25) is 0 Å². The van der Waals surface area contributed by atoms with Gasteiger partial charge in [0.15, 0.2) is 0 Å². The standard InChI is InChI=1S/C24H31N3O2/c1-18(2)22(26-23(28)20-11-7-4-8-12-20)24(29)25-21-13-15-27(16-14-21)17-19-9-5-3-6-10-19/h3-12,18,21-22H,13-17H2,1-2H3,(H,25,29)(H,26,28)/t22-/m0/s1. The SMILES string of the molecule is CC(C)[C@H](NC(=O)c1ccccc1)C(=O)NC1CCN(Cc2ccccc2)CC1. The lowest BCUT2D eigenvalue weighted by Crippen LogP contribution is -2.53. The zero-order valence-electron chi connectivity index (χ0n) is 17.3. The molecule has 1 aliphatic heterocycles. The predicted molar refractivity (Wildman–Crippen MR) is 115 cm³/mol. The Hall–Kier alpha value is -2.66. The molecule has 1 aliphatic rings. The molecular formula is C24H31N3O2. The van der Waals surface area contributed by atoms with E-state index in [1.165, 1.54) is 5.56 Å². The number of nitrogens with zero attached hydrogens (tertiary/aromatic N) is 1. The first-order valence-electron chi connectivity index (χ1n) is 10.5. The van der Waals surface area contributed by atoms with Crippen molar-refractivity contribution >= 4 is 11.8 Å². The topological polar surface area (TPSA) is 61.4 Å². The lowest BCUT2D eigenvalue weighted by Gasteiger charge is -2.33. The third kappa shape index (κ3) is 6.16. The number of carbonyl (C=O) groups is 2. The van der Waals surface area contributed by atoms with Crippen LogP contribution in [0, 0.1) is 5.92 Å². The number of carbonyl (C=O) groups excluding carboxylic acids is 2. The molecule has 0 spiro atoms. The smallest absolute Gasteiger partial charge is 0.251 e. The van der Waals surface area contributed by atoms with Crippen molar-refractivity contribution < 1.29 is 9.59 Å². The van der Waals surface area contributed by atoms with Crippen molar-refractivity contribution in [2.24, 2.45) is 5.92 Å². The Kier molecular flexibility index (Phi) is 7.42. The molecule has 0 radical (unpaired) electrons. The first-order valence-corrected chi connectivity index (χ1v) is 10.5. The number of benzene rings is 2. The highest BCUT2D eigenvalue weighted by Gasteiger charge is 2.28. The van der Waals surface area contributed by atoms with E-state index in [-0.39, 0.29) is 23.8 Å². The Morgan fingerprint density at radius 3 is 2.14 bits per heavy atom. The molecule has 0 saturated carbocycles. The minimum Gasteiger partial charge on any atom is -0.351 e. The molecule has 0 unspecified atom stereocenters. The van der Waals surface area contributed by atoms with Crippen LogP contribution in [0.25, 0.3) is 0 Å². The van der Waals surface area contributed by atoms with E-state index in [1.807, 2.05) is 38.1 Å². The maximum atomic E-state index is 12.9. The average Bonchev–Trinajstić information content (AvgIpc) is 2.74. The molecule has 1 fully saturated rings. The van der Waals surface area contributed by atoms with Crippen molar-refractivity contribution in [2.75, 3.05) is 13.1 Å². The van der Waals surface area contributed by atoms with Crippen molar-refractivity contribution in [3.63, 3.8) is 0 Å². The molecule has 0 bridgehead atoms. The summed E-state index contributed by atoms with van der Waals surface area (Å²) in [7, 11) is 0. The van der Waals surface area contributed by atoms with Gasteiger partial charge in [0.2, 0.25) is 5.91 Å². The number of nitrogens with one attached hydrogen (secondary N) is 2. The fraction of sp³-hybridized carbons (Fsp3) is 0.417. The van der Waals surface area contributed by atoms with Gasteiger partial charge in [0.05, 0.1) is 0 Å². The van der Waals surface area contributed by atoms with Crippen LogP contribution in [0.1, 0.15) is 42.6 Å². The Morgan fingerprint density at radius 1 is 0.966 bits per heavy atom. The van der Waals surface area contributed by atoms with E-state index in [1.54, 1.807) is 12.1 Å². The summed E-state index contributed by atoms with van der Waals surface area (Å²) < 4.78 is 0. The van der Waals surface area contributed by atoms with Crippen LogP contribution in [0.4, 0.5) is 0 Å². The summed E-state index contributed by atoms with van der Waals surface area (Å²) in [5, 5.41) is 6.06. The van der Waals surface area contributed by atoms with Gasteiger partial charge < -0.3 is 10.6 Å². The normalized spacial score (nSPS) is 16.4. The van der Waals surface area contributed by atoms with E-state index in [2.05, 4.69) is 39.8 Å². The average molecular weight is 394 g/mol. The molecule has 0 aromatic heterocycles. The zero-order chi connectivity index (χ0) is 20.6. The van der Waals surface area contributed by atoms with Gasteiger partial charge in [-0.25, -0.2) is 0 Å². The quantitative estimate of drug-likeness (QED) is 0.759. The lowest BCUT2D eigenvalue weighted by molar-refractivity contribution is -0.125. The van der Waals surface area contributed by atoms with E-state index < -0.39 is 6.04 Å². The number of hydrogen-bond donors (Lipinski definition) is 2. The van der Waals surface area contributed by atoms with Gasteiger partial charge in [0, 0.05) is 31.2 Å². The summed E-state index contributed by atoms with van der Waals surface area (Å²) in [4.78, 5) is 27.8. The molecule has 2 N–H and O–H groups in total. The van der Waals surface area contributed by atoms with Gasteiger partial charge in [-0.05, 0) is 36.5 Å². The van der Waals surface area contributed by atoms with Gasteiger partial charge >= 0.3 is 0 Å². The summed E-state index contributed by atoms with van der Waals surface area (Å²) in [6.45, 7) is 6.78. The van der Waals surface area contributed by atoms with Crippen molar-refractivity contribution in [2.45, 2.75) is 45.3 Å². The fourth-order valence-electron chi connectivity index (χ4n) is 3.72. The van der Waals surface area contributed by atoms with Crippen molar-refractivity contribution in [3.8, 4) is 0 Å². The summed E-state index contributed by atoms with van der Waals surface area (Å²) in [6.07, 6.45) is 1.85. The van der Waals surface area contributed by atoms with Crippen LogP contribution in [-0.4, -0.2) is 41.9 Å². The van der Waals surface area contributed by atoms with Crippen LogP contribution in [0.5, 0.6) is 0 Å². The predicted octanol–water partition coefficient (Wildman–Crippen LogP) is 3.22. The van der Waals surface area contributed by atoms with Crippen molar-refractivity contribution in [3.05, 3.63) is 71.8 Å². The Labute approximate surface area is 173 Å². The number of hydrogen-bond acceptors (Lipinski definition) is 3. The van der Waals surface area contributed by atoms with Gasteiger partial charge in [-0.3, -0.25) is 14.5 Å². The minimum atomic E-state index is -0.537. The van der Waals surface area contributed by atoms with Crippen molar-refractivity contribution in [1.29, 1.82) is 0 Å². The monoisotopic (exact) mass is 393 g/mol. The number of piperidine rings is 1. The second-order valence-corrected chi connectivity index (χ2v) is 8.11. The van der Waals surface area contributed by atoms with Gasteiger partial charge in [-0.1, -0.05) is 62.4 Å². The molecule has 1 saturated heterocycles. The summed E-state index contributed by atoms with van der Waals surface area (Å²) in [5.74, 6) is -0.288. The Bertz CT molecular complexity index is 784. The highest BCUT2D eigenvalue weighted by molar-refractivity contribution is 5.97. The summed E-state index contributed by atoms with van der Waals surface area (Å²) in [6, 6.07) is 19.1. The van der Waals surface area contributed by atoms with Crippen LogP contribution >= 0.6 is 0 Å². The van der Waals surface area contributed by atoms with Crippen LogP contribution in [0.3, 0.4) is 0 Å². The largest absolute Gasteiger partial charge is 0.351 e. The van der Waals surface area contributed by atoms with Gasteiger partial charge in [-0.2, -0.15) is 0 Å². The van der Waals surface area contributed by atoms with E-state index in [4.69, 9.17) is 0 Å². The van der Waals surface area contributed by atoms with E-state index in [0.29, 0.717) is 5.56 Å². The molecule has 5 nitrogen and oxygen atoms in total. The molecule has 2 aromatic carbocycles. The zero-order valence-corrected chi connectivity index (χ0v) is 17.3. The molecular weight excluding hydrogens is 362 g/mol. The van der Waals surface area contributed by atoms with Gasteiger partial charge in [0.1, 0.15) is 6.04 Å². The number of amides is 2. The Morgan fingerprint density at radius 2 is 1.55 bits per heavy atom. The number of likely N-dealkylation sites (tertiary alicyclic amines) is 1. The Balaban J connectivity index is 1.49. The number of rotatable bonds is 7. The molecule has 2 amide bonds. The maximum absolute atomic E-state index is 12.9. The van der Waals surface area contributed by atoms with Crippen LogP contribution < -0.4 is 10.6 Å². The highest BCUT2D eigenvalue weighted by atomic mass is 16.2. The fourth-order valence-corrected chi connectivity index (χ4v) is 3.72.